The van der Waals surface area contributed by atoms with Gasteiger partial charge in [-0.3, -0.25) is 9.80 Å². The molecule has 1 atom stereocenters. The third-order valence-corrected chi connectivity index (χ3v) is 4.97. The Labute approximate surface area is 122 Å². The van der Waals surface area contributed by atoms with E-state index in [0.29, 0.717) is 5.84 Å². The van der Waals surface area contributed by atoms with Crippen LogP contribution in [0.1, 0.15) is 51.9 Å². The maximum absolute atomic E-state index is 8.88. The van der Waals surface area contributed by atoms with E-state index in [1.165, 1.54) is 38.5 Å². The highest BCUT2D eigenvalue weighted by Crippen LogP contribution is 2.23. The van der Waals surface area contributed by atoms with Crippen LogP contribution in [0, 0.1) is 0 Å². The van der Waals surface area contributed by atoms with Crippen LogP contribution in [0.4, 0.5) is 0 Å². The lowest BCUT2D eigenvalue weighted by molar-refractivity contribution is 0.0769. The highest BCUT2D eigenvalue weighted by molar-refractivity contribution is 5.85. The number of hydrogen-bond donors (Lipinski definition) is 2. The maximum Gasteiger partial charge on any atom is 0.156 e. The minimum atomic E-state index is 0.0938. The summed E-state index contributed by atoms with van der Waals surface area (Å²) in [5, 5.41) is 12.1. The molecule has 0 radical (unpaired) electrons. The van der Waals surface area contributed by atoms with Gasteiger partial charge < -0.3 is 10.9 Å². The van der Waals surface area contributed by atoms with E-state index in [2.05, 4.69) is 21.9 Å². The number of nitrogens with two attached hydrogens (primary N) is 1. The standard InChI is InChI=1S/C15H30N4O/c1-2-14(15(16)17-20)19-11-9-18(10-12-19)13-7-5-3-4-6-8-13/h13-14,20H,2-12H2,1H3,(H2,16,17). The molecule has 116 valence electrons. The van der Waals surface area contributed by atoms with Gasteiger partial charge in [-0.05, 0) is 19.3 Å². The van der Waals surface area contributed by atoms with Crippen LogP contribution in [0.3, 0.4) is 0 Å². The molecule has 2 aliphatic rings. The Morgan fingerprint density at radius 2 is 1.75 bits per heavy atom. The zero-order chi connectivity index (χ0) is 14.4. The Morgan fingerprint density at radius 1 is 1.15 bits per heavy atom. The number of hydrogen-bond acceptors (Lipinski definition) is 4. The van der Waals surface area contributed by atoms with E-state index in [1.807, 2.05) is 0 Å². The van der Waals surface area contributed by atoms with Gasteiger partial charge in [0, 0.05) is 32.2 Å². The van der Waals surface area contributed by atoms with Gasteiger partial charge in [-0.15, -0.1) is 0 Å². The molecule has 2 rings (SSSR count). The molecule has 1 unspecified atom stereocenters. The summed E-state index contributed by atoms with van der Waals surface area (Å²) in [4.78, 5) is 5.03. The first-order chi connectivity index (χ1) is 9.76. The molecule has 0 amide bonds. The Morgan fingerprint density at radius 3 is 2.25 bits per heavy atom. The lowest BCUT2D eigenvalue weighted by atomic mass is 10.1. The second kappa shape index (κ2) is 7.84. The Bertz CT molecular complexity index is 305. The topological polar surface area (TPSA) is 65.1 Å². The van der Waals surface area contributed by atoms with Crippen LogP contribution in [-0.4, -0.2) is 59.1 Å². The highest BCUT2D eigenvalue weighted by atomic mass is 16.4. The van der Waals surface area contributed by atoms with Crippen LogP contribution in [0.15, 0.2) is 5.16 Å². The molecule has 0 aromatic rings. The van der Waals surface area contributed by atoms with E-state index in [0.717, 1.165) is 38.6 Å². The molecule has 1 heterocycles. The van der Waals surface area contributed by atoms with Gasteiger partial charge in [-0.2, -0.15) is 0 Å². The summed E-state index contributed by atoms with van der Waals surface area (Å²) >= 11 is 0. The summed E-state index contributed by atoms with van der Waals surface area (Å²) in [6.07, 6.45) is 9.27. The maximum atomic E-state index is 8.88. The van der Waals surface area contributed by atoms with Crippen LogP contribution in [0.2, 0.25) is 0 Å². The largest absolute Gasteiger partial charge is 0.409 e. The van der Waals surface area contributed by atoms with E-state index < -0.39 is 0 Å². The molecule has 20 heavy (non-hydrogen) atoms. The molecular formula is C15H30N4O. The van der Waals surface area contributed by atoms with Crippen molar-refractivity contribution < 1.29 is 5.21 Å². The van der Waals surface area contributed by atoms with Gasteiger partial charge in [0.2, 0.25) is 0 Å². The lowest BCUT2D eigenvalue weighted by Gasteiger charge is -2.41. The fraction of sp³-hybridized carbons (Fsp3) is 0.933. The zero-order valence-corrected chi connectivity index (χ0v) is 12.8. The number of piperazine rings is 1. The van der Waals surface area contributed by atoms with E-state index in [-0.39, 0.29) is 6.04 Å². The van der Waals surface area contributed by atoms with Crippen LogP contribution in [0.25, 0.3) is 0 Å². The summed E-state index contributed by atoms with van der Waals surface area (Å²) in [6.45, 7) is 6.41. The molecule has 1 aliphatic carbocycles. The monoisotopic (exact) mass is 282 g/mol. The quantitative estimate of drug-likeness (QED) is 0.271. The van der Waals surface area contributed by atoms with Gasteiger partial charge >= 0.3 is 0 Å². The van der Waals surface area contributed by atoms with Crippen molar-refractivity contribution >= 4 is 5.84 Å². The van der Waals surface area contributed by atoms with Crippen molar-refractivity contribution in [2.24, 2.45) is 10.9 Å². The molecule has 0 bridgehead atoms. The molecule has 2 fully saturated rings. The molecule has 5 heteroatoms. The Hall–Kier alpha value is -0.810. The van der Waals surface area contributed by atoms with E-state index >= 15 is 0 Å². The minimum Gasteiger partial charge on any atom is -0.409 e. The van der Waals surface area contributed by atoms with Gasteiger partial charge in [-0.25, -0.2) is 0 Å². The first-order valence-corrected chi connectivity index (χ1v) is 8.21. The molecule has 1 aliphatic heterocycles. The van der Waals surface area contributed by atoms with Crippen LogP contribution < -0.4 is 5.73 Å². The summed E-state index contributed by atoms with van der Waals surface area (Å²) < 4.78 is 0. The van der Waals surface area contributed by atoms with Crippen molar-refractivity contribution in [3.8, 4) is 0 Å². The molecule has 3 N–H and O–H groups in total. The second-order valence-electron chi connectivity index (χ2n) is 6.17. The number of nitrogens with zero attached hydrogens (tertiary/aromatic N) is 3. The van der Waals surface area contributed by atoms with E-state index in [4.69, 9.17) is 10.9 Å². The smallest absolute Gasteiger partial charge is 0.156 e. The van der Waals surface area contributed by atoms with Crippen LogP contribution in [0.5, 0.6) is 0 Å². The number of oxime groups is 1. The lowest BCUT2D eigenvalue weighted by Crippen LogP contribution is -2.55. The Kier molecular flexibility index (Phi) is 6.10. The summed E-state index contributed by atoms with van der Waals surface area (Å²) in [5.41, 5.74) is 5.80. The minimum absolute atomic E-state index is 0.0938. The van der Waals surface area contributed by atoms with Crippen molar-refractivity contribution in [3.63, 3.8) is 0 Å². The van der Waals surface area contributed by atoms with Crippen molar-refractivity contribution in [3.05, 3.63) is 0 Å². The predicted molar refractivity (Wildman–Crippen MR) is 82.1 cm³/mol. The summed E-state index contributed by atoms with van der Waals surface area (Å²) in [5.74, 6) is 0.357. The SMILES string of the molecule is CCC(C(N)=NO)N1CCN(C2CCCCCC2)CC1. The fourth-order valence-electron chi connectivity index (χ4n) is 3.76. The van der Waals surface area contributed by atoms with Crippen molar-refractivity contribution in [1.29, 1.82) is 0 Å². The normalized spacial score (nSPS) is 26.4. The van der Waals surface area contributed by atoms with Crippen molar-refractivity contribution in [2.75, 3.05) is 26.2 Å². The first-order valence-electron chi connectivity index (χ1n) is 8.21. The molecule has 0 aromatic carbocycles. The Balaban J connectivity index is 1.84. The molecule has 0 aromatic heterocycles. The molecular weight excluding hydrogens is 252 g/mol. The first kappa shape index (κ1) is 15.6. The average molecular weight is 282 g/mol. The third kappa shape index (κ3) is 3.85. The number of rotatable bonds is 4. The van der Waals surface area contributed by atoms with Gasteiger partial charge in [0.25, 0.3) is 0 Å². The number of amidine groups is 1. The second-order valence-corrected chi connectivity index (χ2v) is 6.17. The molecule has 5 nitrogen and oxygen atoms in total. The predicted octanol–water partition coefficient (Wildman–Crippen LogP) is 1.85. The molecule has 1 saturated heterocycles. The van der Waals surface area contributed by atoms with Gasteiger partial charge in [0.05, 0.1) is 6.04 Å². The molecule has 1 saturated carbocycles. The highest BCUT2D eigenvalue weighted by Gasteiger charge is 2.28. The van der Waals surface area contributed by atoms with Gasteiger partial charge in [0.1, 0.15) is 0 Å². The van der Waals surface area contributed by atoms with Crippen molar-refractivity contribution in [2.45, 2.75) is 64.0 Å². The summed E-state index contributed by atoms with van der Waals surface area (Å²) in [7, 11) is 0. The van der Waals surface area contributed by atoms with Gasteiger partial charge in [0.15, 0.2) is 5.84 Å². The van der Waals surface area contributed by atoms with Crippen LogP contribution >= 0.6 is 0 Å². The summed E-state index contributed by atoms with van der Waals surface area (Å²) in [6, 6.07) is 0.889. The van der Waals surface area contributed by atoms with Crippen LogP contribution in [-0.2, 0) is 0 Å². The van der Waals surface area contributed by atoms with Crippen molar-refractivity contribution in [1.82, 2.24) is 9.80 Å². The van der Waals surface area contributed by atoms with E-state index in [9.17, 15) is 0 Å². The average Bonchev–Trinajstić information content (AvgIpc) is 2.77. The van der Waals surface area contributed by atoms with Gasteiger partial charge in [-0.1, -0.05) is 37.8 Å². The molecule has 0 spiro atoms. The third-order valence-electron chi connectivity index (χ3n) is 4.97. The zero-order valence-electron chi connectivity index (χ0n) is 12.8. The fourth-order valence-corrected chi connectivity index (χ4v) is 3.76. The van der Waals surface area contributed by atoms with E-state index in [1.54, 1.807) is 0 Å².